The molecule has 1 saturated heterocycles. The molecule has 1 aromatic carbocycles. The van der Waals surface area contributed by atoms with Crippen molar-refractivity contribution in [2.24, 2.45) is 5.92 Å². The van der Waals surface area contributed by atoms with Gasteiger partial charge in [-0.1, -0.05) is 6.07 Å². The molecule has 0 radical (unpaired) electrons. The number of rotatable bonds is 4. The first kappa shape index (κ1) is 13.4. The summed E-state index contributed by atoms with van der Waals surface area (Å²) in [5.41, 5.74) is 2.28. The van der Waals surface area contributed by atoms with Crippen molar-refractivity contribution in [1.29, 1.82) is 0 Å². The fourth-order valence-electron chi connectivity index (χ4n) is 1.88. The van der Waals surface area contributed by atoms with Gasteiger partial charge in [0.1, 0.15) is 5.75 Å². The molecule has 0 aromatic heterocycles. The Bertz CT molecular complexity index is 506. The summed E-state index contributed by atoms with van der Waals surface area (Å²) in [4.78, 5) is 23.9. The quantitative estimate of drug-likeness (QED) is 0.887. The number of carbonyl (C=O) groups excluding carboxylic acids is 1. The molecule has 0 saturated carbocycles. The van der Waals surface area contributed by atoms with Gasteiger partial charge in [-0.15, -0.1) is 0 Å². The zero-order valence-corrected chi connectivity index (χ0v) is 11.0. The lowest BCUT2D eigenvalue weighted by Crippen LogP contribution is -2.54. The van der Waals surface area contributed by atoms with Crippen molar-refractivity contribution in [2.75, 3.05) is 19.7 Å². The summed E-state index contributed by atoms with van der Waals surface area (Å²) < 4.78 is 5.42. The molecule has 0 bridgehead atoms. The van der Waals surface area contributed by atoms with E-state index in [1.54, 1.807) is 0 Å². The summed E-state index contributed by atoms with van der Waals surface area (Å²) in [6.45, 7) is 4.51. The molecule has 1 fully saturated rings. The van der Waals surface area contributed by atoms with Gasteiger partial charge in [-0.25, -0.2) is 0 Å². The molecule has 19 heavy (non-hydrogen) atoms. The summed E-state index contributed by atoms with van der Waals surface area (Å²) in [6.07, 6.45) is 0. The van der Waals surface area contributed by atoms with Gasteiger partial charge < -0.3 is 14.7 Å². The van der Waals surface area contributed by atoms with Crippen LogP contribution in [0.4, 0.5) is 0 Å². The Labute approximate surface area is 111 Å². The van der Waals surface area contributed by atoms with Crippen molar-refractivity contribution >= 4 is 11.9 Å². The maximum absolute atomic E-state index is 11.7. The Balaban J connectivity index is 1.81. The number of carboxylic acids is 1. The maximum atomic E-state index is 11.7. The van der Waals surface area contributed by atoms with Gasteiger partial charge in [0, 0.05) is 13.1 Å². The van der Waals surface area contributed by atoms with Crippen molar-refractivity contribution in [3.63, 3.8) is 0 Å². The summed E-state index contributed by atoms with van der Waals surface area (Å²) in [6, 6.07) is 5.66. The maximum Gasteiger partial charge on any atom is 0.310 e. The number of amides is 1. The first-order valence-electron chi connectivity index (χ1n) is 6.18. The van der Waals surface area contributed by atoms with E-state index in [-0.39, 0.29) is 25.6 Å². The molecule has 1 aliphatic heterocycles. The van der Waals surface area contributed by atoms with Crippen molar-refractivity contribution in [3.05, 3.63) is 29.3 Å². The number of carbonyl (C=O) groups is 2. The van der Waals surface area contributed by atoms with Crippen molar-refractivity contribution in [3.8, 4) is 5.75 Å². The average molecular weight is 263 g/mol. The molecule has 1 aliphatic rings. The number of ether oxygens (including phenoxy) is 1. The minimum atomic E-state index is -0.848. The molecule has 5 nitrogen and oxygen atoms in total. The second-order valence-electron chi connectivity index (χ2n) is 4.87. The van der Waals surface area contributed by atoms with E-state index in [9.17, 15) is 9.59 Å². The fourth-order valence-corrected chi connectivity index (χ4v) is 1.88. The lowest BCUT2D eigenvalue weighted by atomic mass is 10.0. The lowest BCUT2D eigenvalue weighted by molar-refractivity contribution is -0.153. The Kier molecular flexibility index (Phi) is 3.74. The van der Waals surface area contributed by atoms with Gasteiger partial charge in [-0.05, 0) is 37.1 Å². The number of hydrogen-bond acceptors (Lipinski definition) is 3. The van der Waals surface area contributed by atoms with Gasteiger partial charge >= 0.3 is 5.97 Å². The predicted octanol–water partition coefficient (Wildman–Crippen LogP) is 1.23. The van der Waals surface area contributed by atoms with E-state index in [0.29, 0.717) is 5.75 Å². The normalized spacial score (nSPS) is 14.9. The Morgan fingerprint density at radius 1 is 1.32 bits per heavy atom. The third-order valence-corrected chi connectivity index (χ3v) is 3.42. The van der Waals surface area contributed by atoms with Crippen LogP contribution < -0.4 is 4.74 Å². The van der Waals surface area contributed by atoms with Gasteiger partial charge in [0.15, 0.2) is 6.61 Å². The van der Waals surface area contributed by atoms with E-state index in [2.05, 4.69) is 0 Å². The summed E-state index contributed by atoms with van der Waals surface area (Å²) in [7, 11) is 0. The fraction of sp³-hybridized carbons (Fsp3) is 0.429. The van der Waals surface area contributed by atoms with Gasteiger partial charge in [-0.3, -0.25) is 9.59 Å². The highest BCUT2D eigenvalue weighted by molar-refractivity contribution is 5.82. The Hall–Kier alpha value is -2.04. The minimum absolute atomic E-state index is 0.0468. The highest BCUT2D eigenvalue weighted by Crippen LogP contribution is 2.18. The van der Waals surface area contributed by atoms with E-state index >= 15 is 0 Å². The number of likely N-dealkylation sites (tertiary alicyclic amines) is 1. The molecule has 0 atom stereocenters. The lowest BCUT2D eigenvalue weighted by Gasteiger charge is -2.36. The van der Waals surface area contributed by atoms with Crippen LogP contribution in [0.1, 0.15) is 11.1 Å². The largest absolute Gasteiger partial charge is 0.484 e. The molecule has 1 N–H and O–H groups in total. The van der Waals surface area contributed by atoms with Crippen LogP contribution in [0.5, 0.6) is 5.75 Å². The predicted molar refractivity (Wildman–Crippen MR) is 69.1 cm³/mol. The first-order valence-corrected chi connectivity index (χ1v) is 6.18. The molecular weight excluding hydrogens is 246 g/mol. The number of hydrogen-bond donors (Lipinski definition) is 1. The minimum Gasteiger partial charge on any atom is -0.484 e. The molecule has 1 amide bonds. The van der Waals surface area contributed by atoms with Crippen LogP contribution in [0, 0.1) is 19.8 Å². The van der Waals surface area contributed by atoms with Gasteiger partial charge in [0.05, 0.1) is 5.92 Å². The van der Waals surface area contributed by atoms with Crippen molar-refractivity contribution in [2.45, 2.75) is 13.8 Å². The molecule has 1 aromatic rings. The van der Waals surface area contributed by atoms with Crippen LogP contribution in [0.2, 0.25) is 0 Å². The standard InChI is InChI=1S/C14H17NO4/c1-9-3-4-12(5-10(9)2)19-8-13(16)15-6-11(7-15)14(17)18/h3-5,11H,6-8H2,1-2H3,(H,17,18). The number of benzene rings is 1. The van der Waals surface area contributed by atoms with E-state index in [1.807, 2.05) is 32.0 Å². The summed E-state index contributed by atoms with van der Waals surface area (Å²) >= 11 is 0. The van der Waals surface area contributed by atoms with Crippen molar-refractivity contribution < 1.29 is 19.4 Å². The van der Waals surface area contributed by atoms with Crippen molar-refractivity contribution in [1.82, 2.24) is 4.90 Å². The van der Waals surface area contributed by atoms with Crippen LogP contribution in [0.3, 0.4) is 0 Å². The van der Waals surface area contributed by atoms with Crippen LogP contribution in [0.15, 0.2) is 18.2 Å². The number of aliphatic carboxylic acids is 1. The molecule has 0 unspecified atom stereocenters. The second kappa shape index (κ2) is 5.30. The molecular formula is C14H17NO4. The topological polar surface area (TPSA) is 66.8 Å². The zero-order chi connectivity index (χ0) is 14.0. The van der Waals surface area contributed by atoms with E-state index < -0.39 is 11.9 Å². The van der Waals surface area contributed by atoms with E-state index in [4.69, 9.17) is 9.84 Å². The molecule has 102 valence electrons. The van der Waals surface area contributed by atoms with Gasteiger partial charge in [0.2, 0.25) is 0 Å². The van der Waals surface area contributed by atoms with Gasteiger partial charge in [0.25, 0.3) is 5.91 Å². The first-order chi connectivity index (χ1) is 8.97. The summed E-state index contributed by atoms with van der Waals surface area (Å²) in [5.74, 6) is -0.785. The molecule has 2 rings (SSSR count). The molecule has 0 aliphatic carbocycles. The zero-order valence-electron chi connectivity index (χ0n) is 11.0. The van der Waals surface area contributed by atoms with Crippen LogP contribution in [0.25, 0.3) is 0 Å². The average Bonchev–Trinajstić information content (AvgIpc) is 2.28. The molecule has 5 heteroatoms. The second-order valence-corrected chi connectivity index (χ2v) is 4.87. The van der Waals surface area contributed by atoms with E-state index in [0.717, 1.165) is 5.56 Å². The highest BCUT2D eigenvalue weighted by Gasteiger charge is 2.35. The molecule has 0 spiro atoms. The van der Waals surface area contributed by atoms with Crippen LogP contribution >= 0.6 is 0 Å². The number of aryl methyl sites for hydroxylation is 2. The van der Waals surface area contributed by atoms with E-state index in [1.165, 1.54) is 10.5 Å². The smallest absolute Gasteiger partial charge is 0.310 e. The summed E-state index contributed by atoms with van der Waals surface area (Å²) in [5, 5.41) is 8.73. The third-order valence-electron chi connectivity index (χ3n) is 3.42. The SMILES string of the molecule is Cc1ccc(OCC(=O)N2CC(C(=O)O)C2)cc1C. The number of carboxylic acid groups (broad SMARTS) is 1. The van der Waals surface area contributed by atoms with Gasteiger partial charge in [-0.2, -0.15) is 0 Å². The van der Waals surface area contributed by atoms with Crippen LogP contribution in [-0.4, -0.2) is 41.6 Å². The third kappa shape index (κ3) is 3.05. The van der Waals surface area contributed by atoms with Crippen LogP contribution in [-0.2, 0) is 9.59 Å². The molecule has 1 heterocycles. The Morgan fingerprint density at radius 2 is 2.00 bits per heavy atom. The Morgan fingerprint density at radius 3 is 2.58 bits per heavy atom. The highest BCUT2D eigenvalue weighted by atomic mass is 16.5. The monoisotopic (exact) mass is 263 g/mol. The number of nitrogens with zero attached hydrogens (tertiary/aromatic N) is 1.